The number of carbonyl (C=O) groups excluding carboxylic acids is 1. The smallest absolute Gasteiger partial charge is 0.263 e. The Bertz CT molecular complexity index is 839. The third-order valence-corrected chi connectivity index (χ3v) is 5.87. The first-order valence-electron chi connectivity index (χ1n) is 9.67. The zero-order valence-electron chi connectivity index (χ0n) is 17.3. The lowest BCUT2D eigenvalue weighted by Gasteiger charge is -2.25. The summed E-state index contributed by atoms with van der Waals surface area (Å²) < 4.78 is 6.85. The third-order valence-electron chi connectivity index (χ3n) is 5.10. The SMILES string of the molecule is COCCN(Cc1nccs1)C(=O)c1c(C)ccn(CC2CCCNC2)c1=O.Cl.Cl. The van der Waals surface area contributed by atoms with Crippen LogP contribution in [0.5, 0.6) is 0 Å². The van der Waals surface area contributed by atoms with Crippen molar-refractivity contribution < 1.29 is 9.53 Å². The van der Waals surface area contributed by atoms with Gasteiger partial charge in [-0.05, 0) is 50.4 Å². The van der Waals surface area contributed by atoms with E-state index < -0.39 is 0 Å². The maximum absolute atomic E-state index is 13.3. The second-order valence-corrected chi connectivity index (χ2v) is 8.17. The molecular formula is C20H30Cl2N4O3S. The summed E-state index contributed by atoms with van der Waals surface area (Å²) in [5.74, 6) is 0.155. The van der Waals surface area contributed by atoms with Crippen molar-refractivity contribution in [2.75, 3.05) is 33.4 Å². The number of hydrogen-bond donors (Lipinski definition) is 1. The van der Waals surface area contributed by atoms with Crippen LogP contribution in [0.4, 0.5) is 0 Å². The molecule has 1 aliphatic rings. The summed E-state index contributed by atoms with van der Waals surface area (Å²) in [6.07, 6.45) is 5.75. The minimum Gasteiger partial charge on any atom is -0.383 e. The molecule has 1 aliphatic heterocycles. The van der Waals surface area contributed by atoms with Gasteiger partial charge in [-0.3, -0.25) is 9.59 Å². The molecule has 3 heterocycles. The van der Waals surface area contributed by atoms with E-state index >= 15 is 0 Å². The van der Waals surface area contributed by atoms with Crippen molar-refractivity contribution in [1.29, 1.82) is 0 Å². The van der Waals surface area contributed by atoms with Gasteiger partial charge in [0.2, 0.25) is 0 Å². The molecule has 7 nitrogen and oxygen atoms in total. The second kappa shape index (κ2) is 13.1. The number of thiazole rings is 1. The van der Waals surface area contributed by atoms with Crippen LogP contribution in [0.25, 0.3) is 0 Å². The average Bonchev–Trinajstić information content (AvgIpc) is 3.21. The summed E-state index contributed by atoms with van der Waals surface area (Å²) in [6.45, 7) is 5.60. The number of aromatic nitrogens is 2. The Kier molecular flexibility index (Phi) is 11.6. The van der Waals surface area contributed by atoms with E-state index in [-0.39, 0.29) is 41.8 Å². The maximum atomic E-state index is 13.3. The monoisotopic (exact) mass is 476 g/mol. The minimum atomic E-state index is -0.258. The highest BCUT2D eigenvalue weighted by atomic mass is 35.5. The molecule has 0 radical (unpaired) electrons. The van der Waals surface area contributed by atoms with Gasteiger partial charge in [-0.2, -0.15) is 0 Å². The molecule has 1 fully saturated rings. The number of carbonyl (C=O) groups is 1. The molecule has 1 amide bonds. The lowest BCUT2D eigenvalue weighted by atomic mass is 9.99. The molecule has 1 saturated heterocycles. The topological polar surface area (TPSA) is 76.5 Å². The summed E-state index contributed by atoms with van der Waals surface area (Å²) in [7, 11) is 1.60. The molecule has 0 aliphatic carbocycles. The molecule has 0 spiro atoms. The van der Waals surface area contributed by atoms with Gasteiger partial charge >= 0.3 is 0 Å². The van der Waals surface area contributed by atoms with Gasteiger partial charge in [-0.25, -0.2) is 4.98 Å². The minimum absolute atomic E-state index is 0. The number of piperidine rings is 1. The molecule has 30 heavy (non-hydrogen) atoms. The fourth-order valence-electron chi connectivity index (χ4n) is 3.53. The molecule has 1 atom stereocenters. The van der Waals surface area contributed by atoms with Crippen molar-refractivity contribution in [2.24, 2.45) is 5.92 Å². The number of hydrogen-bond acceptors (Lipinski definition) is 6. The molecule has 10 heteroatoms. The van der Waals surface area contributed by atoms with Crippen LogP contribution < -0.4 is 10.9 Å². The highest BCUT2D eigenvalue weighted by Crippen LogP contribution is 2.15. The number of aryl methyl sites for hydroxylation is 1. The average molecular weight is 477 g/mol. The number of amides is 1. The zero-order valence-corrected chi connectivity index (χ0v) is 19.8. The number of pyridine rings is 1. The van der Waals surface area contributed by atoms with Gasteiger partial charge in [-0.15, -0.1) is 36.2 Å². The van der Waals surface area contributed by atoms with Gasteiger partial charge in [0.25, 0.3) is 11.5 Å². The molecule has 0 bridgehead atoms. The third kappa shape index (κ3) is 6.78. The Hall–Kier alpha value is -1.45. The van der Waals surface area contributed by atoms with Crippen LogP contribution in [-0.4, -0.2) is 53.7 Å². The number of halogens is 2. The lowest BCUT2D eigenvalue weighted by Crippen LogP contribution is -2.40. The molecule has 0 saturated carbocycles. The summed E-state index contributed by atoms with van der Waals surface area (Å²) in [5.41, 5.74) is 0.741. The van der Waals surface area contributed by atoms with Crippen molar-refractivity contribution in [3.8, 4) is 0 Å². The first kappa shape index (κ1) is 26.6. The Balaban J connectivity index is 0.00000225. The number of nitrogens with zero attached hydrogens (tertiary/aromatic N) is 3. The van der Waals surface area contributed by atoms with Gasteiger partial charge in [0.05, 0.1) is 13.2 Å². The summed E-state index contributed by atoms with van der Waals surface area (Å²) in [4.78, 5) is 32.3. The summed E-state index contributed by atoms with van der Waals surface area (Å²) >= 11 is 1.50. The van der Waals surface area contributed by atoms with E-state index in [0.29, 0.717) is 37.7 Å². The largest absolute Gasteiger partial charge is 0.383 e. The standard InChI is InChI=1S/C20H28N4O3S.2ClH/c1-15-5-8-23(13-16-4-3-6-21-12-16)19(25)18(15)20(26)24(9-10-27-2)14-17-22-7-11-28-17;;/h5,7-8,11,16,21H,3-4,6,9-10,12-14H2,1-2H3;2*1H. The van der Waals surface area contributed by atoms with Crippen LogP contribution >= 0.6 is 36.2 Å². The predicted molar refractivity (Wildman–Crippen MR) is 124 cm³/mol. The fraction of sp³-hybridized carbons (Fsp3) is 0.550. The number of ether oxygens (including phenoxy) is 1. The van der Waals surface area contributed by atoms with Gasteiger partial charge in [0, 0.05) is 38.0 Å². The predicted octanol–water partition coefficient (Wildman–Crippen LogP) is 2.75. The molecule has 1 N–H and O–H groups in total. The Labute approximate surface area is 193 Å². The fourth-order valence-corrected chi connectivity index (χ4v) is 4.16. The molecule has 2 aromatic heterocycles. The van der Waals surface area contributed by atoms with Crippen LogP contribution in [0, 0.1) is 12.8 Å². The van der Waals surface area contributed by atoms with Crippen LogP contribution in [0.1, 0.15) is 33.8 Å². The number of rotatable bonds is 8. The van der Waals surface area contributed by atoms with Crippen molar-refractivity contribution in [3.63, 3.8) is 0 Å². The van der Waals surface area contributed by atoms with Crippen LogP contribution in [0.3, 0.4) is 0 Å². The molecule has 2 aromatic rings. The number of methoxy groups -OCH3 is 1. The van der Waals surface area contributed by atoms with E-state index in [1.807, 2.05) is 24.6 Å². The second-order valence-electron chi connectivity index (χ2n) is 7.19. The van der Waals surface area contributed by atoms with E-state index in [9.17, 15) is 9.59 Å². The van der Waals surface area contributed by atoms with E-state index in [1.54, 1.807) is 22.8 Å². The van der Waals surface area contributed by atoms with Crippen LogP contribution in [-0.2, 0) is 17.8 Å². The van der Waals surface area contributed by atoms with E-state index in [1.165, 1.54) is 11.3 Å². The Morgan fingerprint density at radius 2 is 2.23 bits per heavy atom. The van der Waals surface area contributed by atoms with Crippen molar-refractivity contribution >= 4 is 42.1 Å². The van der Waals surface area contributed by atoms with E-state index in [4.69, 9.17) is 4.74 Å². The van der Waals surface area contributed by atoms with Crippen LogP contribution in [0.15, 0.2) is 28.6 Å². The van der Waals surface area contributed by atoms with Gasteiger partial charge in [0.1, 0.15) is 10.6 Å². The summed E-state index contributed by atoms with van der Waals surface area (Å²) in [5, 5.41) is 6.10. The highest BCUT2D eigenvalue weighted by molar-refractivity contribution is 7.09. The number of nitrogens with one attached hydrogen (secondary N) is 1. The Morgan fingerprint density at radius 3 is 2.87 bits per heavy atom. The highest BCUT2D eigenvalue weighted by Gasteiger charge is 2.24. The van der Waals surface area contributed by atoms with Gasteiger partial charge in [0.15, 0.2) is 0 Å². The molecule has 168 valence electrons. The van der Waals surface area contributed by atoms with Gasteiger partial charge < -0.3 is 19.5 Å². The van der Waals surface area contributed by atoms with E-state index in [2.05, 4.69) is 10.3 Å². The molecular weight excluding hydrogens is 447 g/mol. The normalized spacial score (nSPS) is 15.7. The Morgan fingerprint density at radius 1 is 1.43 bits per heavy atom. The maximum Gasteiger partial charge on any atom is 0.263 e. The lowest BCUT2D eigenvalue weighted by molar-refractivity contribution is 0.0677. The van der Waals surface area contributed by atoms with Crippen LogP contribution in [0.2, 0.25) is 0 Å². The molecule has 0 aromatic carbocycles. The molecule has 3 rings (SSSR count). The van der Waals surface area contributed by atoms with Crippen molar-refractivity contribution in [1.82, 2.24) is 19.8 Å². The molecule has 1 unspecified atom stereocenters. The first-order valence-corrected chi connectivity index (χ1v) is 10.6. The van der Waals surface area contributed by atoms with Crippen molar-refractivity contribution in [2.45, 2.75) is 32.9 Å². The first-order chi connectivity index (χ1) is 13.6. The quantitative estimate of drug-likeness (QED) is 0.633. The summed E-state index contributed by atoms with van der Waals surface area (Å²) in [6, 6.07) is 1.86. The van der Waals surface area contributed by atoms with E-state index in [0.717, 1.165) is 30.9 Å². The van der Waals surface area contributed by atoms with Gasteiger partial charge in [-0.1, -0.05) is 0 Å². The zero-order chi connectivity index (χ0) is 19.9. The van der Waals surface area contributed by atoms with Crippen molar-refractivity contribution in [3.05, 3.63) is 50.3 Å².